The SMILES string of the molecule is COc1ccc(-c2ccc(CCC(=O)Nc3ccc(C)c(S(=O)(=O)N4CCOCC4)c3)o2)cc1. The van der Waals surface area contributed by atoms with E-state index < -0.39 is 10.0 Å². The van der Waals surface area contributed by atoms with E-state index in [-0.39, 0.29) is 17.2 Å². The first-order valence-corrected chi connectivity index (χ1v) is 12.5. The molecule has 9 heteroatoms. The van der Waals surface area contributed by atoms with Gasteiger partial charge in [0.25, 0.3) is 0 Å². The monoisotopic (exact) mass is 484 g/mol. The maximum absolute atomic E-state index is 13.1. The van der Waals surface area contributed by atoms with Crippen molar-refractivity contribution in [2.75, 3.05) is 38.7 Å². The highest BCUT2D eigenvalue weighted by atomic mass is 32.2. The molecule has 0 bridgehead atoms. The molecule has 1 aromatic heterocycles. The van der Waals surface area contributed by atoms with Crippen LogP contribution in [0.1, 0.15) is 17.7 Å². The van der Waals surface area contributed by atoms with E-state index in [0.717, 1.165) is 17.1 Å². The minimum atomic E-state index is -3.66. The second-order valence-corrected chi connectivity index (χ2v) is 9.95. The van der Waals surface area contributed by atoms with Gasteiger partial charge >= 0.3 is 0 Å². The lowest BCUT2D eigenvalue weighted by atomic mass is 10.2. The number of nitrogens with zero attached hydrogens (tertiary/aromatic N) is 1. The number of sulfonamides is 1. The van der Waals surface area contributed by atoms with Gasteiger partial charge in [0, 0.05) is 37.2 Å². The Morgan fingerprint density at radius 1 is 1.06 bits per heavy atom. The molecular weight excluding hydrogens is 456 g/mol. The van der Waals surface area contributed by atoms with Crippen LogP contribution in [-0.2, 0) is 26.0 Å². The van der Waals surface area contributed by atoms with Crippen LogP contribution in [0.25, 0.3) is 11.3 Å². The van der Waals surface area contributed by atoms with Crippen LogP contribution in [0.4, 0.5) is 5.69 Å². The Bertz CT molecular complexity index is 1240. The first-order valence-electron chi connectivity index (χ1n) is 11.1. The number of furan rings is 1. The summed E-state index contributed by atoms with van der Waals surface area (Å²) in [6.07, 6.45) is 0.627. The highest BCUT2D eigenvalue weighted by Gasteiger charge is 2.28. The van der Waals surface area contributed by atoms with Gasteiger partial charge in [-0.1, -0.05) is 6.07 Å². The van der Waals surface area contributed by atoms with Gasteiger partial charge in [0.05, 0.1) is 25.2 Å². The normalized spacial score (nSPS) is 14.6. The molecule has 3 aromatic rings. The van der Waals surface area contributed by atoms with E-state index in [9.17, 15) is 13.2 Å². The number of aryl methyl sites for hydroxylation is 2. The Labute approximate surface area is 199 Å². The number of anilines is 1. The zero-order chi connectivity index (χ0) is 24.1. The summed E-state index contributed by atoms with van der Waals surface area (Å²) >= 11 is 0. The van der Waals surface area contributed by atoms with Crippen molar-refractivity contribution in [3.05, 3.63) is 65.9 Å². The molecule has 0 unspecified atom stereocenters. The standard InChI is InChI=1S/C25H28N2O6S/c1-18-3-6-20(17-24(18)34(29,30)27-13-15-32-16-14-27)26-25(28)12-10-22-9-11-23(33-22)19-4-7-21(31-2)8-5-19/h3-9,11,17H,10,12-16H2,1-2H3,(H,26,28). The van der Waals surface area contributed by atoms with Crippen LogP contribution in [0.3, 0.4) is 0 Å². The number of ether oxygens (including phenoxy) is 2. The Balaban J connectivity index is 1.38. The fourth-order valence-corrected chi connectivity index (χ4v) is 5.42. The van der Waals surface area contributed by atoms with Crippen molar-refractivity contribution < 1.29 is 27.1 Å². The predicted octanol–water partition coefficient (Wildman–Crippen LogP) is 3.86. The van der Waals surface area contributed by atoms with Crippen molar-refractivity contribution in [2.45, 2.75) is 24.7 Å². The molecule has 0 radical (unpaired) electrons. The second-order valence-electron chi connectivity index (χ2n) is 8.04. The quantitative estimate of drug-likeness (QED) is 0.522. The summed E-state index contributed by atoms with van der Waals surface area (Å²) in [6, 6.07) is 16.2. The van der Waals surface area contributed by atoms with E-state index in [4.69, 9.17) is 13.9 Å². The summed E-state index contributed by atoms with van der Waals surface area (Å²) in [4.78, 5) is 12.7. The molecule has 4 rings (SSSR count). The van der Waals surface area contributed by atoms with Gasteiger partial charge in [0.1, 0.15) is 17.3 Å². The van der Waals surface area contributed by atoms with Crippen LogP contribution in [0.15, 0.2) is 63.9 Å². The third-order valence-corrected chi connectivity index (χ3v) is 7.74. The van der Waals surface area contributed by atoms with E-state index in [1.165, 1.54) is 10.4 Å². The maximum Gasteiger partial charge on any atom is 0.243 e. The summed E-state index contributed by atoms with van der Waals surface area (Å²) in [5, 5.41) is 2.80. The highest BCUT2D eigenvalue weighted by molar-refractivity contribution is 7.89. The van der Waals surface area contributed by atoms with Gasteiger partial charge in [-0.05, 0) is 61.0 Å². The zero-order valence-corrected chi connectivity index (χ0v) is 20.1. The Hall–Kier alpha value is -3.14. The zero-order valence-electron chi connectivity index (χ0n) is 19.2. The van der Waals surface area contributed by atoms with Crippen molar-refractivity contribution in [1.29, 1.82) is 0 Å². The average molecular weight is 485 g/mol. The van der Waals surface area contributed by atoms with Gasteiger partial charge in [-0.15, -0.1) is 0 Å². The highest BCUT2D eigenvalue weighted by Crippen LogP contribution is 2.26. The molecule has 180 valence electrons. The molecule has 8 nitrogen and oxygen atoms in total. The molecule has 0 saturated carbocycles. The van der Waals surface area contributed by atoms with E-state index in [0.29, 0.717) is 49.7 Å². The fraction of sp³-hybridized carbons (Fsp3) is 0.320. The van der Waals surface area contributed by atoms with Crippen LogP contribution in [0, 0.1) is 6.92 Å². The molecule has 2 aromatic carbocycles. The molecule has 0 atom stereocenters. The van der Waals surface area contributed by atoms with Crippen LogP contribution in [0.5, 0.6) is 5.75 Å². The number of carbonyl (C=O) groups is 1. The van der Waals surface area contributed by atoms with E-state index in [2.05, 4.69) is 5.32 Å². The third-order valence-electron chi connectivity index (χ3n) is 5.69. The van der Waals surface area contributed by atoms with E-state index in [1.54, 1.807) is 26.2 Å². The molecule has 0 spiro atoms. The van der Waals surface area contributed by atoms with Crippen LogP contribution < -0.4 is 10.1 Å². The molecule has 2 heterocycles. The van der Waals surface area contributed by atoms with E-state index >= 15 is 0 Å². The molecule has 34 heavy (non-hydrogen) atoms. The molecule has 1 aliphatic heterocycles. The van der Waals surface area contributed by atoms with Gasteiger partial charge in [0.15, 0.2) is 0 Å². The Morgan fingerprint density at radius 2 is 1.79 bits per heavy atom. The smallest absolute Gasteiger partial charge is 0.243 e. The van der Waals surface area contributed by atoms with Crippen LogP contribution >= 0.6 is 0 Å². The van der Waals surface area contributed by atoms with Gasteiger partial charge in [-0.3, -0.25) is 4.79 Å². The van der Waals surface area contributed by atoms with Crippen molar-refractivity contribution in [3.8, 4) is 17.1 Å². The van der Waals surface area contributed by atoms with Gasteiger partial charge in [-0.2, -0.15) is 4.31 Å². The number of carbonyl (C=O) groups excluding carboxylic acids is 1. The number of rotatable bonds is 8. The summed E-state index contributed by atoms with van der Waals surface area (Å²) in [7, 11) is -2.04. The topological polar surface area (TPSA) is 98.1 Å². The van der Waals surface area contributed by atoms with Crippen molar-refractivity contribution in [1.82, 2.24) is 4.31 Å². The number of morpholine rings is 1. The minimum absolute atomic E-state index is 0.197. The molecular formula is C25H28N2O6S. The van der Waals surface area contributed by atoms with E-state index in [1.807, 2.05) is 36.4 Å². The second kappa shape index (κ2) is 10.4. The fourth-order valence-electron chi connectivity index (χ4n) is 3.76. The van der Waals surface area contributed by atoms with Crippen molar-refractivity contribution in [3.63, 3.8) is 0 Å². The predicted molar refractivity (Wildman–Crippen MR) is 128 cm³/mol. The molecule has 1 fully saturated rings. The average Bonchev–Trinajstić information content (AvgIpc) is 3.33. The summed E-state index contributed by atoms with van der Waals surface area (Å²) < 4.78 is 43.8. The number of benzene rings is 2. The number of amides is 1. The summed E-state index contributed by atoms with van der Waals surface area (Å²) in [5.41, 5.74) is 2.00. The third kappa shape index (κ3) is 5.49. The molecule has 1 amide bonds. The van der Waals surface area contributed by atoms with Gasteiger partial charge in [-0.25, -0.2) is 8.42 Å². The molecule has 1 N–H and O–H groups in total. The largest absolute Gasteiger partial charge is 0.497 e. The lowest BCUT2D eigenvalue weighted by Crippen LogP contribution is -2.40. The van der Waals surface area contributed by atoms with Gasteiger partial charge < -0.3 is 19.2 Å². The van der Waals surface area contributed by atoms with Crippen molar-refractivity contribution in [2.24, 2.45) is 0 Å². The molecule has 1 aliphatic rings. The number of hydrogen-bond donors (Lipinski definition) is 1. The maximum atomic E-state index is 13.1. The summed E-state index contributed by atoms with van der Waals surface area (Å²) in [6.45, 7) is 3.14. The van der Waals surface area contributed by atoms with Gasteiger partial charge in [0.2, 0.25) is 15.9 Å². The Kier molecular flexibility index (Phi) is 7.35. The number of nitrogens with one attached hydrogen (secondary N) is 1. The number of hydrogen-bond acceptors (Lipinski definition) is 6. The first-order chi connectivity index (χ1) is 16.4. The lowest BCUT2D eigenvalue weighted by molar-refractivity contribution is -0.116. The first kappa shape index (κ1) is 24.0. The van der Waals surface area contributed by atoms with Crippen molar-refractivity contribution >= 4 is 21.6 Å². The lowest BCUT2D eigenvalue weighted by Gasteiger charge is -2.26. The molecule has 1 saturated heterocycles. The summed E-state index contributed by atoms with van der Waals surface area (Å²) in [5.74, 6) is 1.96. The van der Waals surface area contributed by atoms with Crippen LogP contribution in [-0.4, -0.2) is 52.0 Å². The molecule has 0 aliphatic carbocycles. The number of methoxy groups -OCH3 is 1. The van der Waals surface area contributed by atoms with Crippen LogP contribution in [0.2, 0.25) is 0 Å². The minimum Gasteiger partial charge on any atom is -0.497 e. The Morgan fingerprint density at radius 3 is 2.50 bits per heavy atom.